The Balaban J connectivity index is 0.000000161. The molecule has 6 nitrogen and oxygen atoms in total. The van der Waals surface area contributed by atoms with E-state index in [4.69, 9.17) is 20.5 Å². The summed E-state index contributed by atoms with van der Waals surface area (Å²) in [6, 6.07) is 18.2. The molecule has 0 aliphatic carbocycles. The van der Waals surface area contributed by atoms with Crippen molar-refractivity contribution in [3.05, 3.63) is 59.7 Å². The summed E-state index contributed by atoms with van der Waals surface area (Å²) in [5.41, 5.74) is 9.88. The highest BCUT2D eigenvalue weighted by Gasteiger charge is 2.11. The Bertz CT molecular complexity index is 744. The Hall–Kier alpha value is -2.59. The third kappa shape index (κ3) is 5.70. The van der Waals surface area contributed by atoms with Crippen molar-refractivity contribution in [1.29, 1.82) is 5.26 Å². The number of morpholine rings is 2. The highest BCUT2D eigenvalue weighted by atomic mass is 16.5. The summed E-state index contributed by atoms with van der Waals surface area (Å²) in [4.78, 5) is 4.61. The largest absolute Gasteiger partial charge is 0.378 e. The molecule has 2 aliphatic heterocycles. The molecule has 0 aromatic heterocycles. The van der Waals surface area contributed by atoms with E-state index in [-0.39, 0.29) is 0 Å². The maximum Gasteiger partial charge on any atom is 0.0991 e. The van der Waals surface area contributed by atoms with Gasteiger partial charge in [0.1, 0.15) is 0 Å². The number of rotatable bonds is 3. The van der Waals surface area contributed by atoms with Gasteiger partial charge in [-0.1, -0.05) is 12.1 Å². The number of nitrogens with two attached hydrogens (primary N) is 1. The van der Waals surface area contributed by atoms with Gasteiger partial charge in [-0.05, 0) is 42.0 Å². The van der Waals surface area contributed by atoms with Crippen LogP contribution < -0.4 is 15.5 Å². The van der Waals surface area contributed by atoms with Gasteiger partial charge in [-0.25, -0.2) is 0 Å². The lowest BCUT2D eigenvalue weighted by molar-refractivity contribution is 0.122. The summed E-state index contributed by atoms with van der Waals surface area (Å²) in [6.45, 7) is 7.71. The average molecular weight is 380 g/mol. The van der Waals surface area contributed by atoms with Crippen LogP contribution in [0, 0.1) is 11.3 Å². The molecule has 0 atom stereocenters. The fourth-order valence-corrected chi connectivity index (χ4v) is 3.23. The minimum absolute atomic E-state index is 0.614. The van der Waals surface area contributed by atoms with E-state index >= 15 is 0 Å². The van der Waals surface area contributed by atoms with E-state index < -0.39 is 0 Å². The lowest BCUT2D eigenvalue weighted by Crippen LogP contribution is -2.36. The van der Waals surface area contributed by atoms with Gasteiger partial charge in [0.2, 0.25) is 0 Å². The molecule has 2 fully saturated rings. The maximum absolute atomic E-state index is 8.66. The topological polar surface area (TPSA) is 74.8 Å². The molecule has 0 bridgehead atoms. The van der Waals surface area contributed by atoms with E-state index in [1.54, 1.807) is 0 Å². The van der Waals surface area contributed by atoms with Crippen LogP contribution in [0.5, 0.6) is 0 Å². The molecule has 148 valence electrons. The maximum atomic E-state index is 8.66. The first-order valence-electron chi connectivity index (χ1n) is 9.74. The van der Waals surface area contributed by atoms with E-state index in [0.29, 0.717) is 12.1 Å². The van der Waals surface area contributed by atoms with Crippen molar-refractivity contribution in [3.8, 4) is 6.07 Å². The fraction of sp³-hybridized carbons (Fsp3) is 0.409. The average Bonchev–Trinajstić information content (AvgIpc) is 2.81. The zero-order chi connectivity index (χ0) is 19.6. The standard InChI is InChI=1S/C11H16N2O.C11H12N2O/c2*12-9-10-1-3-11(4-2-10)13-5-7-14-8-6-13/h1-4H,5-9,12H2;1-4H,5-8H2. The van der Waals surface area contributed by atoms with Gasteiger partial charge in [0.05, 0.1) is 38.1 Å². The summed E-state index contributed by atoms with van der Waals surface area (Å²) in [6.07, 6.45) is 0. The van der Waals surface area contributed by atoms with Gasteiger partial charge in [-0.2, -0.15) is 5.26 Å². The summed E-state index contributed by atoms with van der Waals surface area (Å²) >= 11 is 0. The van der Waals surface area contributed by atoms with E-state index in [1.807, 2.05) is 24.3 Å². The number of hydrogen-bond acceptors (Lipinski definition) is 6. The first kappa shape index (κ1) is 20.2. The second-order valence-corrected chi connectivity index (χ2v) is 6.73. The van der Waals surface area contributed by atoms with Crippen LogP contribution in [0.25, 0.3) is 0 Å². The first-order chi connectivity index (χ1) is 13.8. The van der Waals surface area contributed by atoms with Crippen molar-refractivity contribution < 1.29 is 9.47 Å². The second-order valence-electron chi connectivity index (χ2n) is 6.73. The fourth-order valence-electron chi connectivity index (χ4n) is 3.23. The minimum atomic E-state index is 0.614. The molecule has 0 unspecified atom stereocenters. The number of ether oxygens (including phenoxy) is 2. The molecule has 2 heterocycles. The van der Waals surface area contributed by atoms with Crippen LogP contribution in [0.2, 0.25) is 0 Å². The molecule has 2 saturated heterocycles. The Morgan fingerprint density at radius 3 is 1.57 bits per heavy atom. The molecule has 2 N–H and O–H groups in total. The van der Waals surface area contributed by atoms with Crippen LogP contribution in [0.3, 0.4) is 0 Å². The van der Waals surface area contributed by atoms with Crippen LogP contribution in [0.4, 0.5) is 11.4 Å². The highest BCUT2D eigenvalue weighted by molar-refractivity contribution is 5.50. The summed E-state index contributed by atoms with van der Waals surface area (Å²) < 4.78 is 10.6. The SMILES string of the molecule is N#Cc1ccc(N2CCOCC2)cc1.NCc1ccc(N2CCOCC2)cc1. The molecule has 0 radical (unpaired) electrons. The number of nitriles is 1. The van der Waals surface area contributed by atoms with Crippen molar-refractivity contribution >= 4 is 11.4 Å². The lowest BCUT2D eigenvalue weighted by Gasteiger charge is -2.28. The number of benzene rings is 2. The minimum Gasteiger partial charge on any atom is -0.378 e. The van der Waals surface area contributed by atoms with Crippen LogP contribution in [0.1, 0.15) is 11.1 Å². The third-order valence-corrected chi connectivity index (χ3v) is 4.92. The zero-order valence-corrected chi connectivity index (χ0v) is 16.2. The van der Waals surface area contributed by atoms with Gasteiger partial charge in [0, 0.05) is 44.1 Å². The molecule has 28 heavy (non-hydrogen) atoms. The van der Waals surface area contributed by atoms with Gasteiger partial charge < -0.3 is 25.0 Å². The van der Waals surface area contributed by atoms with Crippen LogP contribution in [-0.4, -0.2) is 52.6 Å². The summed E-state index contributed by atoms with van der Waals surface area (Å²) in [5, 5.41) is 8.66. The molecular formula is C22H28N4O2. The highest BCUT2D eigenvalue weighted by Crippen LogP contribution is 2.17. The van der Waals surface area contributed by atoms with Gasteiger partial charge in [0.15, 0.2) is 0 Å². The predicted octanol–water partition coefficient (Wildman–Crippen LogP) is 2.38. The van der Waals surface area contributed by atoms with Crippen molar-refractivity contribution in [3.63, 3.8) is 0 Å². The molecule has 4 rings (SSSR count). The number of nitrogens with zero attached hydrogens (tertiary/aromatic N) is 3. The number of hydrogen-bond donors (Lipinski definition) is 1. The van der Waals surface area contributed by atoms with E-state index in [0.717, 1.165) is 52.6 Å². The lowest BCUT2D eigenvalue weighted by atomic mass is 10.2. The first-order valence-corrected chi connectivity index (χ1v) is 9.74. The zero-order valence-electron chi connectivity index (χ0n) is 16.2. The molecule has 0 amide bonds. The Morgan fingerprint density at radius 1 is 0.750 bits per heavy atom. The van der Waals surface area contributed by atoms with Crippen LogP contribution >= 0.6 is 0 Å². The van der Waals surface area contributed by atoms with Crippen LogP contribution in [0.15, 0.2) is 48.5 Å². The quantitative estimate of drug-likeness (QED) is 0.881. The van der Waals surface area contributed by atoms with Crippen molar-refractivity contribution in [2.45, 2.75) is 6.54 Å². The normalized spacial score (nSPS) is 16.7. The molecule has 0 spiro atoms. The summed E-state index contributed by atoms with van der Waals surface area (Å²) in [7, 11) is 0. The van der Waals surface area contributed by atoms with E-state index in [1.165, 1.54) is 16.9 Å². The van der Waals surface area contributed by atoms with Crippen molar-refractivity contribution in [1.82, 2.24) is 0 Å². The Morgan fingerprint density at radius 2 is 1.18 bits per heavy atom. The molecule has 0 saturated carbocycles. The van der Waals surface area contributed by atoms with Gasteiger partial charge in [0.25, 0.3) is 0 Å². The molecular weight excluding hydrogens is 352 g/mol. The number of anilines is 2. The molecule has 2 aromatic rings. The van der Waals surface area contributed by atoms with E-state index in [2.05, 4.69) is 40.1 Å². The smallest absolute Gasteiger partial charge is 0.0991 e. The molecule has 6 heteroatoms. The van der Waals surface area contributed by atoms with Gasteiger partial charge in [-0.15, -0.1) is 0 Å². The monoisotopic (exact) mass is 380 g/mol. The Labute approximate surface area is 167 Å². The summed E-state index contributed by atoms with van der Waals surface area (Å²) in [5.74, 6) is 0. The third-order valence-electron chi connectivity index (χ3n) is 4.92. The second kappa shape index (κ2) is 10.7. The molecule has 2 aromatic carbocycles. The molecule has 2 aliphatic rings. The van der Waals surface area contributed by atoms with Crippen LogP contribution in [-0.2, 0) is 16.0 Å². The van der Waals surface area contributed by atoms with Crippen molar-refractivity contribution in [2.75, 3.05) is 62.4 Å². The predicted molar refractivity (Wildman–Crippen MR) is 112 cm³/mol. The van der Waals surface area contributed by atoms with Gasteiger partial charge in [-0.3, -0.25) is 0 Å². The Kier molecular flexibility index (Phi) is 7.68. The van der Waals surface area contributed by atoms with E-state index in [9.17, 15) is 0 Å². The van der Waals surface area contributed by atoms with Crippen molar-refractivity contribution in [2.24, 2.45) is 5.73 Å². The van der Waals surface area contributed by atoms with Gasteiger partial charge >= 0.3 is 0 Å².